The second kappa shape index (κ2) is 9.08. The van der Waals surface area contributed by atoms with Crippen molar-refractivity contribution in [3.63, 3.8) is 0 Å². The zero-order valence-electron chi connectivity index (χ0n) is 15.0. The number of hydrazine groups is 1. The molecule has 0 saturated carbocycles. The zero-order chi connectivity index (χ0) is 20.2. The van der Waals surface area contributed by atoms with Gasteiger partial charge >= 0.3 is 0 Å². The van der Waals surface area contributed by atoms with Crippen LogP contribution in [0.4, 0.5) is 0 Å². The Morgan fingerprint density at radius 1 is 1.07 bits per heavy atom. The van der Waals surface area contributed by atoms with Gasteiger partial charge in [0.2, 0.25) is 0 Å². The fraction of sp³-hybridized carbons (Fsp3) is 0.263. The second-order valence-electron chi connectivity index (χ2n) is 6.81. The topological polar surface area (TPSA) is 67.4 Å². The van der Waals surface area contributed by atoms with Gasteiger partial charge in [0.1, 0.15) is 5.75 Å². The minimum absolute atomic E-state index is 0.0479. The van der Waals surface area contributed by atoms with Gasteiger partial charge in [-0.2, -0.15) is 0 Å². The molecule has 0 heterocycles. The molecule has 0 saturated heterocycles. The molecule has 0 spiro atoms. The summed E-state index contributed by atoms with van der Waals surface area (Å²) < 4.78 is 6.98. The van der Waals surface area contributed by atoms with Crippen molar-refractivity contribution in [3.8, 4) is 5.75 Å². The van der Waals surface area contributed by atoms with Crippen LogP contribution in [-0.4, -0.2) is 18.4 Å². The lowest BCUT2D eigenvalue weighted by Gasteiger charge is -2.21. The van der Waals surface area contributed by atoms with E-state index in [0.717, 1.165) is 14.5 Å². The molecule has 2 aromatic rings. The third-order valence-electron chi connectivity index (χ3n) is 3.61. The van der Waals surface area contributed by atoms with E-state index in [1.54, 1.807) is 30.3 Å². The Morgan fingerprint density at radius 2 is 1.78 bits per heavy atom. The smallest absolute Gasteiger partial charge is 0.276 e. The van der Waals surface area contributed by atoms with Gasteiger partial charge in [0.15, 0.2) is 6.61 Å². The summed E-state index contributed by atoms with van der Waals surface area (Å²) in [7, 11) is 0. The van der Waals surface area contributed by atoms with Crippen LogP contribution in [0.5, 0.6) is 5.75 Å². The fourth-order valence-corrected chi connectivity index (χ4v) is 3.94. The van der Waals surface area contributed by atoms with Crippen LogP contribution in [-0.2, 0) is 10.2 Å². The first-order valence-electron chi connectivity index (χ1n) is 8.05. The van der Waals surface area contributed by atoms with Crippen molar-refractivity contribution in [2.24, 2.45) is 0 Å². The summed E-state index contributed by atoms with van der Waals surface area (Å²) in [5.41, 5.74) is 6.14. The highest BCUT2D eigenvalue weighted by Gasteiger charge is 2.18. The molecule has 2 N–H and O–H groups in total. The van der Waals surface area contributed by atoms with E-state index in [0.29, 0.717) is 16.3 Å². The lowest BCUT2D eigenvalue weighted by molar-refractivity contribution is -0.123. The molecular formula is C19H19Br2ClN2O3. The summed E-state index contributed by atoms with van der Waals surface area (Å²) in [6, 6.07) is 10.4. The third kappa shape index (κ3) is 6.23. The molecule has 0 unspecified atom stereocenters. The van der Waals surface area contributed by atoms with Crippen molar-refractivity contribution in [2.75, 3.05) is 6.61 Å². The average Bonchev–Trinajstić information content (AvgIpc) is 2.57. The summed E-state index contributed by atoms with van der Waals surface area (Å²) in [6.45, 7) is 5.98. The van der Waals surface area contributed by atoms with Crippen molar-refractivity contribution in [3.05, 3.63) is 61.5 Å². The van der Waals surface area contributed by atoms with Crippen LogP contribution >= 0.6 is 43.5 Å². The van der Waals surface area contributed by atoms with Crippen LogP contribution in [0.25, 0.3) is 0 Å². The number of halogens is 3. The van der Waals surface area contributed by atoms with E-state index in [1.807, 2.05) is 6.07 Å². The number of nitrogens with one attached hydrogen (secondary N) is 2. The molecule has 0 fully saturated rings. The summed E-state index contributed by atoms with van der Waals surface area (Å²) in [5.74, 6) is -0.554. The van der Waals surface area contributed by atoms with Crippen LogP contribution in [0.3, 0.4) is 0 Å². The van der Waals surface area contributed by atoms with E-state index < -0.39 is 11.8 Å². The molecule has 27 heavy (non-hydrogen) atoms. The van der Waals surface area contributed by atoms with E-state index >= 15 is 0 Å². The van der Waals surface area contributed by atoms with Gasteiger partial charge in [-0.3, -0.25) is 20.4 Å². The minimum Gasteiger partial charge on any atom is -0.482 e. The van der Waals surface area contributed by atoms with Gasteiger partial charge in [0, 0.05) is 14.5 Å². The van der Waals surface area contributed by atoms with E-state index in [1.165, 1.54) is 0 Å². The van der Waals surface area contributed by atoms with Crippen molar-refractivity contribution in [1.82, 2.24) is 10.9 Å². The Balaban J connectivity index is 1.89. The SMILES string of the molecule is CC(C)(C)c1ccc(C(=O)NNC(=O)COc2ccc(Br)cc2Cl)cc1Br. The molecule has 0 aliphatic heterocycles. The maximum Gasteiger partial charge on any atom is 0.276 e. The van der Waals surface area contributed by atoms with Crippen molar-refractivity contribution in [2.45, 2.75) is 26.2 Å². The minimum atomic E-state index is -0.507. The van der Waals surface area contributed by atoms with Gasteiger partial charge in [0.25, 0.3) is 11.8 Å². The maximum atomic E-state index is 12.2. The number of hydrogen-bond acceptors (Lipinski definition) is 3. The largest absolute Gasteiger partial charge is 0.482 e. The number of rotatable bonds is 4. The molecule has 144 valence electrons. The zero-order valence-corrected chi connectivity index (χ0v) is 19.0. The monoisotopic (exact) mass is 516 g/mol. The molecule has 0 atom stereocenters. The van der Waals surface area contributed by atoms with Crippen molar-refractivity contribution >= 4 is 55.3 Å². The Bertz CT molecular complexity index is 867. The molecule has 0 aliphatic carbocycles. The van der Waals surface area contributed by atoms with Gasteiger partial charge in [-0.25, -0.2) is 0 Å². The van der Waals surface area contributed by atoms with E-state index in [9.17, 15) is 9.59 Å². The average molecular weight is 519 g/mol. The van der Waals surface area contributed by atoms with Gasteiger partial charge in [-0.1, -0.05) is 70.3 Å². The maximum absolute atomic E-state index is 12.2. The lowest BCUT2D eigenvalue weighted by atomic mass is 9.86. The first kappa shape index (κ1) is 21.7. The molecule has 0 aromatic heterocycles. The van der Waals surface area contributed by atoms with E-state index in [2.05, 4.69) is 63.5 Å². The van der Waals surface area contributed by atoms with Gasteiger partial charge in [-0.05, 0) is 41.3 Å². The third-order valence-corrected chi connectivity index (χ3v) is 5.05. The van der Waals surface area contributed by atoms with E-state index in [4.69, 9.17) is 16.3 Å². The molecule has 0 aliphatic rings. The highest BCUT2D eigenvalue weighted by molar-refractivity contribution is 9.10. The Morgan fingerprint density at radius 3 is 2.37 bits per heavy atom. The predicted octanol–water partition coefficient (Wildman–Crippen LogP) is 5.00. The molecule has 2 aromatic carbocycles. The van der Waals surface area contributed by atoms with Crippen molar-refractivity contribution < 1.29 is 14.3 Å². The standard InChI is InChI=1S/C19H19Br2ClN2O3/c1-19(2,3)13-6-4-11(8-14(13)21)18(26)24-23-17(25)10-27-16-7-5-12(20)9-15(16)22/h4-9H,10H2,1-3H3,(H,23,25)(H,24,26). The van der Waals surface area contributed by atoms with Gasteiger partial charge in [-0.15, -0.1) is 0 Å². The number of benzene rings is 2. The fourth-order valence-electron chi connectivity index (χ4n) is 2.23. The lowest BCUT2D eigenvalue weighted by Crippen LogP contribution is -2.43. The molecule has 5 nitrogen and oxygen atoms in total. The Kier molecular flexibility index (Phi) is 7.31. The number of ether oxygens (including phenoxy) is 1. The van der Waals surface area contributed by atoms with Gasteiger partial charge < -0.3 is 4.74 Å². The summed E-state index contributed by atoms with van der Waals surface area (Å²) in [6.07, 6.45) is 0. The summed E-state index contributed by atoms with van der Waals surface area (Å²) in [4.78, 5) is 24.1. The highest BCUT2D eigenvalue weighted by Crippen LogP contribution is 2.30. The van der Waals surface area contributed by atoms with Gasteiger partial charge in [0.05, 0.1) is 5.02 Å². The predicted molar refractivity (Wildman–Crippen MR) is 113 cm³/mol. The first-order valence-corrected chi connectivity index (χ1v) is 10.0. The Labute approximate surface area is 180 Å². The van der Waals surface area contributed by atoms with E-state index in [-0.39, 0.29) is 12.0 Å². The number of carbonyl (C=O) groups is 2. The molecule has 0 bridgehead atoms. The summed E-state index contributed by atoms with van der Waals surface area (Å²) >= 11 is 12.8. The van der Waals surface area contributed by atoms with Crippen LogP contribution in [0.15, 0.2) is 45.3 Å². The molecule has 2 amide bonds. The molecular weight excluding hydrogens is 499 g/mol. The Hall–Kier alpha value is -1.57. The first-order chi connectivity index (χ1) is 12.6. The summed E-state index contributed by atoms with van der Waals surface area (Å²) in [5, 5.41) is 0.380. The van der Waals surface area contributed by atoms with Crippen LogP contribution < -0.4 is 15.6 Å². The normalized spacial score (nSPS) is 11.0. The van der Waals surface area contributed by atoms with Crippen LogP contribution in [0, 0.1) is 0 Å². The molecule has 0 radical (unpaired) electrons. The number of hydrogen-bond donors (Lipinski definition) is 2. The number of amides is 2. The van der Waals surface area contributed by atoms with Crippen LogP contribution in [0.2, 0.25) is 5.02 Å². The number of carbonyl (C=O) groups excluding carboxylic acids is 2. The quantitative estimate of drug-likeness (QED) is 0.560. The van der Waals surface area contributed by atoms with Crippen molar-refractivity contribution in [1.29, 1.82) is 0 Å². The molecule has 8 heteroatoms. The highest BCUT2D eigenvalue weighted by atomic mass is 79.9. The molecule has 2 rings (SSSR count). The van der Waals surface area contributed by atoms with Crippen LogP contribution in [0.1, 0.15) is 36.7 Å². The second-order valence-corrected chi connectivity index (χ2v) is 8.99.